The van der Waals surface area contributed by atoms with E-state index in [1.54, 1.807) is 0 Å². The number of rotatable bonds is 0. The van der Waals surface area contributed by atoms with Crippen LogP contribution in [0.25, 0.3) is 0 Å². The predicted molar refractivity (Wildman–Crippen MR) is 42.4 cm³/mol. The SMILES string of the molecule is CC1COC2C(C)C(C)OC12. The van der Waals surface area contributed by atoms with E-state index in [4.69, 9.17) is 9.47 Å². The predicted octanol–water partition coefficient (Wildman–Crippen LogP) is 1.44. The van der Waals surface area contributed by atoms with Gasteiger partial charge in [-0.2, -0.15) is 0 Å². The average Bonchev–Trinajstić information content (AvgIpc) is 2.43. The maximum atomic E-state index is 5.78. The van der Waals surface area contributed by atoms with Crippen molar-refractivity contribution in [2.24, 2.45) is 11.8 Å². The summed E-state index contributed by atoms with van der Waals surface area (Å²) in [6, 6.07) is 0. The van der Waals surface area contributed by atoms with Crippen LogP contribution in [0.15, 0.2) is 0 Å². The molecule has 0 bridgehead atoms. The Balaban J connectivity index is 2.12. The van der Waals surface area contributed by atoms with Gasteiger partial charge in [-0.25, -0.2) is 0 Å². The highest BCUT2D eigenvalue weighted by Crippen LogP contribution is 2.37. The fourth-order valence-electron chi connectivity index (χ4n) is 2.08. The Hall–Kier alpha value is -0.0800. The normalized spacial score (nSPS) is 56.5. The Kier molecular flexibility index (Phi) is 1.69. The first-order valence-corrected chi connectivity index (χ1v) is 4.47. The zero-order valence-corrected chi connectivity index (χ0v) is 7.41. The highest BCUT2D eigenvalue weighted by atomic mass is 16.6. The summed E-state index contributed by atoms with van der Waals surface area (Å²) in [7, 11) is 0. The molecule has 2 fully saturated rings. The number of hydrogen-bond donors (Lipinski definition) is 0. The van der Waals surface area contributed by atoms with Gasteiger partial charge in [0.05, 0.1) is 24.9 Å². The van der Waals surface area contributed by atoms with Crippen LogP contribution < -0.4 is 0 Å². The second-order valence-corrected chi connectivity index (χ2v) is 3.94. The van der Waals surface area contributed by atoms with Crippen molar-refractivity contribution in [3.8, 4) is 0 Å². The third kappa shape index (κ3) is 1.00. The van der Waals surface area contributed by atoms with E-state index in [1.807, 2.05) is 0 Å². The van der Waals surface area contributed by atoms with E-state index in [0.717, 1.165) is 6.61 Å². The van der Waals surface area contributed by atoms with Gasteiger partial charge in [0.1, 0.15) is 0 Å². The Labute approximate surface area is 67.9 Å². The minimum Gasteiger partial charge on any atom is -0.375 e. The van der Waals surface area contributed by atoms with Crippen molar-refractivity contribution in [3.63, 3.8) is 0 Å². The largest absolute Gasteiger partial charge is 0.375 e. The van der Waals surface area contributed by atoms with Crippen LogP contribution in [0.1, 0.15) is 20.8 Å². The Morgan fingerprint density at radius 3 is 2.45 bits per heavy atom. The van der Waals surface area contributed by atoms with Crippen molar-refractivity contribution in [1.29, 1.82) is 0 Å². The lowest BCUT2D eigenvalue weighted by Gasteiger charge is -2.12. The van der Waals surface area contributed by atoms with E-state index in [-0.39, 0.29) is 0 Å². The van der Waals surface area contributed by atoms with Gasteiger partial charge in [0.2, 0.25) is 0 Å². The van der Waals surface area contributed by atoms with Gasteiger partial charge in [-0.05, 0) is 6.92 Å². The lowest BCUT2D eigenvalue weighted by atomic mass is 9.96. The molecule has 0 N–H and O–H groups in total. The maximum absolute atomic E-state index is 5.78. The van der Waals surface area contributed by atoms with Gasteiger partial charge in [0.25, 0.3) is 0 Å². The van der Waals surface area contributed by atoms with Crippen molar-refractivity contribution >= 4 is 0 Å². The molecule has 0 aliphatic carbocycles. The average molecular weight is 156 g/mol. The Bertz CT molecular complexity index is 158. The highest BCUT2D eigenvalue weighted by Gasteiger charge is 2.47. The minimum absolute atomic E-state index is 0.375. The summed E-state index contributed by atoms with van der Waals surface area (Å²) in [6.45, 7) is 7.44. The molecule has 5 atom stereocenters. The minimum atomic E-state index is 0.375. The summed E-state index contributed by atoms with van der Waals surface area (Å²) in [5.74, 6) is 1.16. The van der Waals surface area contributed by atoms with E-state index in [1.165, 1.54) is 0 Å². The maximum Gasteiger partial charge on any atom is 0.0891 e. The lowest BCUT2D eigenvalue weighted by molar-refractivity contribution is 0.0273. The van der Waals surface area contributed by atoms with Crippen LogP contribution in [-0.2, 0) is 9.47 Å². The molecule has 0 aromatic heterocycles. The molecule has 2 rings (SSSR count). The van der Waals surface area contributed by atoms with E-state index in [9.17, 15) is 0 Å². The molecule has 64 valence electrons. The Morgan fingerprint density at radius 1 is 1.09 bits per heavy atom. The van der Waals surface area contributed by atoms with Crippen LogP contribution in [0.4, 0.5) is 0 Å². The molecule has 5 unspecified atom stereocenters. The van der Waals surface area contributed by atoms with E-state index in [2.05, 4.69) is 20.8 Å². The molecule has 0 radical (unpaired) electrons. The molecule has 0 amide bonds. The fraction of sp³-hybridized carbons (Fsp3) is 1.00. The summed E-state index contributed by atoms with van der Waals surface area (Å²) in [5.41, 5.74) is 0. The first kappa shape index (κ1) is 7.56. The van der Waals surface area contributed by atoms with Crippen molar-refractivity contribution < 1.29 is 9.47 Å². The van der Waals surface area contributed by atoms with Gasteiger partial charge in [0, 0.05) is 11.8 Å². The molecule has 0 spiro atoms. The molecular weight excluding hydrogens is 140 g/mol. The summed E-state index contributed by atoms with van der Waals surface area (Å²) in [6.07, 6.45) is 1.13. The molecule has 0 saturated carbocycles. The number of hydrogen-bond acceptors (Lipinski definition) is 2. The molecule has 0 aromatic carbocycles. The van der Waals surface area contributed by atoms with Gasteiger partial charge >= 0.3 is 0 Å². The zero-order valence-electron chi connectivity index (χ0n) is 7.41. The van der Waals surface area contributed by atoms with Crippen molar-refractivity contribution in [3.05, 3.63) is 0 Å². The molecule has 2 heterocycles. The van der Waals surface area contributed by atoms with Crippen LogP contribution >= 0.6 is 0 Å². The van der Waals surface area contributed by atoms with Gasteiger partial charge in [-0.3, -0.25) is 0 Å². The molecular formula is C9H16O2. The third-order valence-corrected chi connectivity index (χ3v) is 3.07. The standard InChI is InChI=1S/C9H16O2/c1-5-4-10-9-6(2)7(3)11-8(5)9/h5-9H,4H2,1-3H3. The third-order valence-electron chi connectivity index (χ3n) is 3.07. The summed E-state index contributed by atoms with van der Waals surface area (Å²) >= 11 is 0. The summed E-state index contributed by atoms with van der Waals surface area (Å²) in [5, 5.41) is 0. The highest BCUT2D eigenvalue weighted by molar-refractivity contribution is 4.93. The molecule has 0 aromatic rings. The summed E-state index contributed by atoms with van der Waals surface area (Å²) < 4.78 is 11.4. The monoisotopic (exact) mass is 156 g/mol. The van der Waals surface area contributed by atoms with Crippen LogP contribution in [0.5, 0.6) is 0 Å². The van der Waals surface area contributed by atoms with E-state index < -0.39 is 0 Å². The smallest absolute Gasteiger partial charge is 0.0891 e. The molecule has 2 saturated heterocycles. The number of ether oxygens (including phenoxy) is 2. The quantitative estimate of drug-likeness (QED) is 0.528. The van der Waals surface area contributed by atoms with Gasteiger partial charge < -0.3 is 9.47 Å². The molecule has 2 aliphatic rings. The van der Waals surface area contributed by atoms with Crippen LogP contribution in [0.3, 0.4) is 0 Å². The fourth-order valence-corrected chi connectivity index (χ4v) is 2.08. The Morgan fingerprint density at radius 2 is 1.82 bits per heavy atom. The first-order chi connectivity index (χ1) is 5.20. The second kappa shape index (κ2) is 2.46. The molecule has 11 heavy (non-hydrogen) atoms. The second-order valence-electron chi connectivity index (χ2n) is 3.94. The summed E-state index contributed by atoms with van der Waals surface area (Å²) in [4.78, 5) is 0. The van der Waals surface area contributed by atoms with E-state index >= 15 is 0 Å². The van der Waals surface area contributed by atoms with Crippen LogP contribution in [0, 0.1) is 11.8 Å². The molecule has 2 aliphatic heterocycles. The lowest BCUT2D eigenvalue weighted by Crippen LogP contribution is -2.23. The van der Waals surface area contributed by atoms with Crippen LogP contribution in [0.2, 0.25) is 0 Å². The molecule has 2 heteroatoms. The zero-order chi connectivity index (χ0) is 8.01. The van der Waals surface area contributed by atoms with Gasteiger partial charge in [0.15, 0.2) is 0 Å². The van der Waals surface area contributed by atoms with Gasteiger partial charge in [-0.1, -0.05) is 13.8 Å². The van der Waals surface area contributed by atoms with Crippen molar-refractivity contribution in [2.45, 2.75) is 39.1 Å². The van der Waals surface area contributed by atoms with Gasteiger partial charge in [-0.15, -0.1) is 0 Å². The topological polar surface area (TPSA) is 18.5 Å². The van der Waals surface area contributed by atoms with Crippen LogP contribution in [-0.4, -0.2) is 24.9 Å². The first-order valence-electron chi connectivity index (χ1n) is 4.47. The van der Waals surface area contributed by atoms with Crippen molar-refractivity contribution in [2.75, 3.05) is 6.61 Å². The molecule has 2 nitrogen and oxygen atoms in total. The van der Waals surface area contributed by atoms with Crippen molar-refractivity contribution in [1.82, 2.24) is 0 Å². The number of fused-ring (bicyclic) bond motifs is 1. The van der Waals surface area contributed by atoms with E-state index in [0.29, 0.717) is 30.1 Å².